The van der Waals surface area contributed by atoms with E-state index < -0.39 is 5.60 Å². The second kappa shape index (κ2) is 1.52. The summed E-state index contributed by atoms with van der Waals surface area (Å²) in [5.41, 5.74) is 5.05. The summed E-state index contributed by atoms with van der Waals surface area (Å²) in [7, 11) is 0. The molecule has 1 heterocycles. The zero-order chi connectivity index (χ0) is 7.19. The van der Waals surface area contributed by atoms with E-state index in [1.54, 1.807) is 0 Å². The van der Waals surface area contributed by atoms with Gasteiger partial charge in [-0.1, -0.05) is 0 Å². The molecule has 1 fully saturated rings. The van der Waals surface area contributed by atoms with Gasteiger partial charge in [-0.2, -0.15) is 4.98 Å². The monoisotopic (exact) mass is 140 g/mol. The van der Waals surface area contributed by atoms with Gasteiger partial charge in [0.05, 0.1) is 0 Å². The molecule has 1 aromatic rings. The standard InChI is InChI=1S/C6H8N2O2/c7-5-8-4(3-10-5)6(9)1-2-6/h3,9H,1-2H2,(H2,7,8). The van der Waals surface area contributed by atoms with Crippen LogP contribution in [0.15, 0.2) is 10.7 Å². The highest BCUT2D eigenvalue weighted by atomic mass is 16.4. The van der Waals surface area contributed by atoms with E-state index in [9.17, 15) is 5.11 Å². The number of nitrogen functional groups attached to an aromatic ring is 1. The molecular weight excluding hydrogens is 132 g/mol. The van der Waals surface area contributed by atoms with Crippen LogP contribution >= 0.6 is 0 Å². The van der Waals surface area contributed by atoms with Gasteiger partial charge in [-0.25, -0.2) is 0 Å². The minimum Gasteiger partial charge on any atom is -0.432 e. The third-order valence-electron chi connectivity index (χ3n) is 1.72. The number of hydrogen-bond donors (Lipinski definition) is 2. The Kier molecular flexibility index (Phi) is 0.870. The van der Waals surface area contributed by atoms with Gasteiger partial charge < -0.3 is 15.3 Å². The molecule has 4 heteroatoms. The summed E-state index contributed by atoms with van der Waals surface area (Å²) in [6.45, 7) is 0. The molecular formula is C6H8N2O2. The van der Waals surface area contributed by atoms with E-state index in [4.69, 9.17) is 10.2 Å². The maximum absolute atomic E-state index is 9.44. The van der Waals surface area contributed by atoms with Crippen LogP contribution in [0.4, 0.5) is 6.01 Å². The summed E-state index contributed by atoms with van der Waals surface area (Å²) in [6, 6.07) is 0.121. The van der Waals surface area contributed by atoms with Crippen molar-refractivity contribution in [1.82, 2.24) is 4.98 Å². The van der Waals surface area contributed by atoms with Gasteiger partial charge in [0.15, 0.2) is 0 Å². The number of aromatic nitrogens is 1. The third kappa shape index (κ3) is 0.690. The fourth-order valence-corrected chi connectivity index (χ4v) is 0.876. The highest BCUT2D eigenvalue weighted by Gasteiger charge is 2.44. The Labute approximate surface area is 57.7 Å². The topological polar surface area (TPSA) is 72.3 Å². The Morgan fingerprint density at radius 1 is 1.70 bits per heavy atom. The molecule has 0 unspecified atom stereocenters. The molecule has 0 saturated heterocycles. The van der Waals surface area contributed by atoms with E-state index in [2.05, 4.69) is 4.98 Å². The number of anilines is 1. The van der Waals surface area contributed by atoms with Gasteiger partial charge >= 0.3 is 0 Å². The fraction of sp³-hybridized carbons (Fsp3) is 0.500. The predicted molar refractivity (Wildman–Crippen MR) is 34.0 cm³/mol. The minimum atomic E-state index is -0.721. The predicted octanol–water partition coefficient (Wildman–Crippen LogP) is 0.238. The molecule has 0 bridgehead atoms. The summed E-state index contributed by atoms with van der Waals surface area (Å²) in [5, 5.41) is 9.44. The lowest BCUT2D eigenvalue weighted by atomic mass is 10.3. The first-order valence-corrected chi connectivity index (χ1v) is 3.15. The van der Waals surface area contributed by atoms with Crippen LogP contribution in [-0.4, -0.2) is 10.1 Å². The first-order valence-electron chi connectivity index (χ1n) is 3.15. The molecule has 1 aliphatic rings. The van der Waals surface area contributed by atoms with E-state index >= 15 is 0 Å². The van der Waals surface area contributed by atoms with Crippen LogP contribution < -0.4 is 5.73 Å². The van der Waals surface area contributed by atoms with Crippen molar-refractivity contribution in [3.63, 3.8) is 0 Å². The normalized spacial score (nSPS) is 20.9. The lowest BCUT2D eigenvalue weighted by molar-refractivity contribution is 0.146. The molecule has 2 rings (SSSR count). The number of nitrogens with zero attached hydrogens (tertiary/aromatic N) is 1. The van der Waals surface area contributed by atoms with Gasteiger partial charge in [0.1, 0.15) is 17.6 Å². The number of oxazole rings is 1. The Morgan fingerprint density at radius 2 is 2.40 bits per heavy atom. The average Bonchev–Trinajstić information content (AvgIpc) is 2.45. The van der Waals surface area contributed by atoms with Crippen molar-refractivity contribution in [2.24, 2.45) is 0 Å². The van der Waals surface area contributed by atoms with Crippen LogP contribution in [-0.2, 0) is 5.60 Å². The number of aliphatic hydroxyl groups is 1. The molecule has 0 amide bonds. The molecule has 1 saturated carbocycles. The van der Waals surface area contributed by atoms with Crippen LogP contribution in [0.1, 0.15) is 18.5 Å². The van der Waals surface area contributed by atoms with Gasteiger partial charge in [0.2, 0.25) is 0 Å². The van der Waals surface area contributed by atoms with Crippen molar-refractivity contribution in [3.05, 3.63) is 12.0 Å². The van der Waals surface area contributed by atoms with Gasteiger partial charge in [0, 0.05) is 0 Å². The Hall–Kier alpha value is -1.03. The summed E-state index contributed by atoms with van der Waals surface area (Å²) in [6.07, 6.45) is 2.93. The molecule has 0 aliphatic heterocycles. The van der Waals surface area contributed by atoms with Crippen LogP contribution in [0.3, 0.4) is 0 Å². The van der Waals surface area contributed by atoms with Crippen LogP contribution in [0.5, 0.6) is 0 Å². The summed E-state index contributed by atoms with van der Waals surface area (Å²) in [5.74, 6) is 0. The number of nitrogens with two attached hydrogens (primary N) is 1. The molecule has 0 atom stereocenters. The van der Waals surface area contributed by atoms with E-state index in [1.165, 1.54) is 6.26 Å². The molecule has 54 valence electrons. The first kappa shape index (κ1) is 5.73. The Balaban J connectivity index is 2.34. The van der Waals surface area contributed by atoms with Crippen LogP contribution in [0, 0.1) is 0 Å². The van der Waals surface area contributed by atoms with Crippen LogP contribution in [0.25, 0.3) is 0 Å². The molecule has 1 aromatic heterocycles. The molecule has 10 heavy (non-hydrogen) atoms. The zero-order valence-corrected chi connectivity index (χ0v) is 5.37. The summed E-state index contributed by atoms with van der Waals surface area (Å²) < 4.78 is 4.74. The van der Waals surface area contributed by atoms with Crippen molar-refractivity contribution < 1.29 is 9.52 Å². The zero-order valence-electron chi connectivity index (χ0n) is 5.37. The van der Waals surface area contributed by atoms with E-state index in [0.29, 0.717) is 5.69 Å². The third-order valence-corrected chi connectivity index (χ3v) is 1.72. The highest BCUT2D eigenvalue weighted by molar-refractivity contribution is 5.21. The SMILES string of the molecule is Nc1nc(C2(O)CC2)co1. The Morgan fingerprint density at radius 3 is 2.80 bits per heavy atom. The van der Waals surface area contributed by atoms with E-state index in [1.807, 2.05) is 0 Å². The smallest absolute Gasteiger partial charge is 0.292 e. The number of rotatable bonds is 1. The molecule has 1 aliphatic carbocycles. The van der Waals surface area contributed by atoms with Gasteiger partial charge in [-0.05, 0) is 12.8 Å². The summed E-state index contributed by atoms with van der Waals surface area (Å²) >= 11 is 0. The first-order chi connectivity index (χ1) is 4.71. The quantitative estimate of drug-likeness (QED) is 0.586. The van der Waals surface area contributed by atoms with Crippen LogP contribution in [0.2, 0.25) is 0 Å². The lowest BCUT2D eigenvalue weighted by Crippen LogP contribution is -2.04. The van der Waals surface area contributed by atoms with Gasteiger partial charge in [0.25, 0.3) is 6.01 Å². The molecule has 0 aromatic carbocycles. The van der Waals surface area contributed by atoms with Crippen molar-refractivity contribution in [2.75, 3.05) is 5.73 Å². The van der Waals surface area contributed by atoms with E-state index in [0.717, 1.165) is 12.8 Å². The molecule has 3 N–H and O–H groups in total. The maximum Gasteiger partial charge on any atom is 0.292 e. The second-order valence-corrected chi connectivity index (χ2v) is 2.60. The lowest BCUT2D eigenvalue weighted by Gasteiger charge is -1.97. The fourth-order valence-electron chi connectivity index (χ4n) is 0.876. The van der Waals surface area contributed by atoms with Crippen molar-refractivity contribution in [3.8, 4) is 0 Å². The van der Waals surface area contributed by atoms with Crippen molar-refractivity contribution >= 4 is 6.01 Å². The molecule has 0 radical (unpaired) electrons. The van der Waals surface area contributed by atoms with E-state index in [-0.39, 0.29) is 6.01 Å². The number of hydrogen-bond acceptors (Lipinski definition) is 4. The summed E-state index contributed by atoms with van der Waals surface area (Å²) in [4.78, 5) is 3.81. The van der Waals surface area contributed by atoms with Crippen molar-refractivity contribution in [2.45, 2.75) is 18.4 Å². The highest BCUT2D eigenvalue weighted by Crippen LogP contribution is 2.44. The van der Waals surface area contributed by atoms with Crippen molar-refractivity contribution in [1.29, 1.82) is 0 Å². The van der Waals surface area contributed by atoms with Gasteiger partial charge in [-0.15, -0.1) is 0 Å². The second-order valence-electron chi connectivity index (χ2n) is 2.60. The Bertz CT molecular complexity index is 252. The molecule has 4 nitrogen and oxygen atoms in total. The molecule has 0 spiro atoms. The maximum atomic E-state index is 9.44. The minimum absolute atomic E-state index is 0.121. The largest absolute Gasteiger partial charge is 0.432 e. The average molecular weight is 140 g/mol. The van der Waals surface area contributed by atoms with Gasteiger partial charge in [-0.3, -0.25) is 0 Å².